The van der Waals surface area contributed by atoms with Crippen molar-refractivity contribution in [2.75, 3.05) is 19.6 Å². The molecule has 4 saturated carbocycles. The molecule has 0 aromatic rings. The molecule has 4 atom stereocenters. The van der Waals surface area contributed by atoms with Gasteiger partial charge in [-0.1, -0.05) is 22.4 Å². The molecule has 5 aliphatic rings. The Balaban J connectivity index is 1.33. The zero-order chi connectivity index (χ0) is 17.7. The minimum atomic E-state index is -0.357. The van der Waals surface area contributed by atoms with Crippen LogP contribution >= 0.6 is 15.9 Å². The van der Waals surface area contributed by atoms with Crippen LogP contribution in [0.15, 0.2) is 0 Å². The summed E-state index contributed by atoms with van der Waals surface area (Å²) in [6.07, 6.45) is 10.9. The van der Waals surface area contributed by atoms with E-state index in [1.807, 2.05) is 6.92 Å². The van der Waals surface area contributed by atoms with Crippen LogP contribution in [0.1, 0.15) is 64.7 Å². The summed E-state index contributed by atoms with van der Waals surface area (Å²) in [5.41, 5.74) is 0.328. The number of hydrogen-bond acceptors (Lipinski definition) is 3. The SMILES string of the molecule is C[C@@H](O)[C@H]1CCCCN1CC(=O)NCC12C[C@H]3C[C@@H](CC(Br)(C3)C1)C2. The Morgan fingerprint density at radius 1 is 1.28 bits per heavy atom. The first-order valence-electron chi connectivity index (χ1n) is 10.2. The molecule has 0 spiro atoms. The number of likely N-dealkylation sites (tertiary alicyclic amines) is 1. The van der Waals surface area contributed by atoms with Crippen LogP contribution in [-0.2, 0) is 4.79 Å². The summed E-state index contributed by atoms with van der Waals surface area (Å²) in [7, 11) is 0. The Kier molecular flexibility index (Phi) is 4.96. The molecular formula is C20H33BrN2O2. The summed E-state index contributed by atoms with van der Waals surface area (Å²) in [5.74, 6) is 1.87. The third kappa shape index (κ3) is 3.79. The fraction of sp³-hybridized carbons (Fsp3) is 0.950. The highest BCUT2D eigenvalue weighted by molar-refractivity contribution is 9.10. The van der Waals surface area contributed by atoms with Gasteiger partial charge in [-0.2, -0.15) is 0 Å². The van der Waals surface area contributed by atoms with Gasteiger partial charge >= 0.3 is 0 Å². The Hall–Kier alpha value is -0.130. The van der Waals surface area contributed by atoms with E-state index < -0.39 is 0 Å². The van der Waals surface area contributed by atoms with Crippen LogP contribution in [0.5, 0.6) is 0 Å². The van der Waals surface area contributed by atoms with Crippen LogP contribution in [-0.4, -0.2) is 52.0 Å². The fourth-order valence-corrected chi connectivity index (χ4v) is 8.34. The maximum Gasteiger partial charge on any atom is 0.234 e. The molecular weight excluding hydrogens is 380 g/mol. The molecule has 4 aliphatic carbocycles. The average Bonchev–Trinajstić information content (AvgIpc) is 2.51. The number of carbonyl (C=O) groups is 1. The van der Waals surface area contributed by atoms with Crippen LogP contribution < -0.4 is 5.32 Å². The summed E-state index contributed by atoms with van der Waals surface area (Å²) in [6.45, 7) is 4.08. The maximum absolute atomic E-state index is 12.6. The normalized spacial score (nSPS) is 44.7. The number of aliphatic hydroxyl groups is 1. The Bertz CT molecular complexity index is 510. The molecule has 4 nitrogen and oxygen atoms in total. The predicted molar refractivity (Wildman–Crippen MR) is 103 cm³/mol. The Labute approximate surface area is 160 Å². The number of piperidine rings is 1. The summed E-state index contributed by atoms with van der Waals surface area (Å²) < 4.78 is 0.353. The topological polar surface area (TPSA) is 52.6 Å². The van der Waals surface area contributed by atoms with Crippen molar-refractivity contribution in [1.82, 2.24) is 10.2 Å². The summed E-state index contributed by atoms with van der Waals surface area (Å²) in [6, 6.07) is 0.143. The second-order valence-corrected chi connectivity index (χ2v) is 11.3. The second-order valence-electron chi connectivity index (χ2n) is 9.66. The number of nitrogens with zero attached hydrogens (tertiary/aromatic N) is 1. The van der Waals surface area contributed by atoms with Crippen molar-refractivity contribution in [3.63, 3.8) is 0 Å². The van der Waals surface area contributed by atoms with Gasteiger partial charge in [0.05, 0.1) is 12.6 Å². The highest BCUT2D eigenvalue weighted by Gasteiger charge is 2.56. The smallest absolute Gasteiger partial charge is 0.234 e. The molecule has 0 unspecified atom stereocenters. The number of amides is 1. The average molecular weight is 413 g/mol. The molecule has 4 bridgehead atoms. The molecule has 0 aromatic heterocycles. The largest absolute Gasteiger partial charge is 0.392 e. The van der Waals surface area contributed by atoms with Crippen molar-refractivity contribution < 1.29 is 9.90 Å². The monoisotopic (exact) mass is 412 g/mol. The minimum absolute atomic E-state index is 0.143. The lowest BCUT2D eigenvalue weighted by molar-refractivity contribution is -0.125. The molecule has 1 heterocycles. The van der Waals surface area contributed by atoms with Crippen molar-refractivity contribution in [1.29, 1.82) is 0 Å². The second kappa shape index (κ2) is 6.79. The van der Waals surface area contributed by atoms with Crippen LogP contribution in [0.2, 0.25) is 0 Å². The predicted octanol–water partition coefficient (Wildman–Crippen LogP) is 3.07. The van der Waals surface area contributed by atoms with Gasteiger partial charge in [-0.05, 0) is 82.1 Å². The molecule has 25 heavy (non-hydrogen) atoms. The first-order valence-corrected chi connectivity index (χ1v) is 11.0. The maximum atomic E-state index is 12.6. The quantitative estimate of drug-likeness (QED) is 0.682. The number of halogens is 1. The van der Waals surface area contributed by atoms with E-state index in [1.54, 1.807) is 0 Å². The fourth-order valence-electron chi connectivity index (χ4n) is 6.83. The Morgan fingerprint density at radius 2 is 2.00 bits per heavy atom. The van der Waals surface area contributed by atoms with Gasteiger partial charge in [0.15, 0.2) is 0 Å². The lowest BCUT2D eigenvalue weighted by Gasteiger charge is -2.60. The highest BCUT2D eigenvalue weighted by atomic mass is 79.9. The van der Waals surface area contributed by atoms with Gasteiger partial charge in [0.25, 0.3) is 0 Å². The molecule has 142 valence electrons. The van der Waals surface area contributed by atoms with E-state index in [-0.39, 0.29) is 18.1 Å². The van der Waals surface area contributed by atoms with Gasteiger partial charge in [0.1, 0.15) is 0 Å². The van der Waals surface area contributed by atoms with Gasteiger partial charge in [-0.15, -0.1) is 0 Å². The third-order valence-corrected chi connectivity index (χ3v) is 8.27. The first kappa shape index (κ1) is 18.2. The van der Waals surface area contributed by atoms with Crippen molar-refractivity contribution >= 4 is 21.8 Å². The molecule has 5 heteroatoms. The number of rotatable bonds is 5. The standard InChI is InChI=1S/C20H33BrN2O2/c1-14(24)17-4-2-3-5-23(17)11-18(25)22-13-19-7-15-6-16(8-19)10-20(21,9-15)12-19/h14-17,24H,2-13H2,1H3,(H,22,25)/t14-,15-,16-,17-,19?,20?/m1/s1. The van der Waals surface area contributed by atoms with Gasteiger partial charge in [0.2, 0.25) is 5.91 Å². The summed E-state index contributed by atoms with van der Waals surface area (Å²) in [4.78, 5) is 14.8. The van der Waals surface area contributed by atoms with Crippen molar-refractivity contribution in [2.24, 2.45) is 17.3 Å². The van der Waals surface area contributed by atoms with Crippen molar-refractivity contribution in [2.45, 2.75) is 81.2 Å². The van der Waals surface area contributed by atoms with Gasteiger partial charge in [-0.3, -0.25) is 9.69 Å². The number of hydrogen-bond donors (Lipinski definition) is 2. The van der Waals surface area contributed by atoms with Crippen LogP contribution in [0.3, 0.4) is 0 Å². The van der Waals surface area contributed by atoms with E-state index in [9.17, 15) is 9.90 Å². The number of nitrogens with one attached hydrogen (secondary N) is 1. The zero-order valence-corrected chi connectivity index (χ0v) is 17.1. The molecule has 5 rings (SSSR count). The molecule has 0 aromatic carbocycles. The molecule has 5 fully saturated rings. The van der Waals surface area contributed by atoms with E-state index in [0.717, 1.165) is 44.2 Å². The lowest BCUT2D eigenvalue weighted by atomic mass is 9.49. The number of alkyl halides is 1. The Morgan fingerprint density at radius 3 is 2.64 bits per heavy atom. The van der Waals surface area contributed by atoms with Crippen LogP contribution in [0.4, 0.5) is 0 Å². The number of aliphatic hydroxyl groups excluding tert-OH is 1. The molecule has 0 radical (unpaired) electrons. The lowest BCUT2D eigenvalue weighted by Crippen LogP contribution is -2.57. The van der Waals surface area contributed by atoms with Gasteiger partial charge in [0, 0.05) is 16.9 Å². The summed E-state index contributed by atoms with van der Waals surface area (Å²) >= 11 is 4.05. The first-order chi connectivity index (χ1) is 11.9. The van der Waals surface area contributed by atoms with Crippen molar-refractivity contribution in [3.05, 3.63) is 0 Å². The van der Waals surface area contributed by atoms with Gasteiger partial charge < -0.3 is 10.4 Å². The summed E-state index contributed by atoms with van der Waals surface area (Å²) in [5, 5.41) is 13.3. The van der Waals surface area contributed by atoms with Crippen molar-refractivity contribution in [3.8, 4) is 0 Å². The van der Waals surface area contributed by atoms with E-state index in [4.69, 9.17) is 0 Å². The molecule has 1 amide bonds. The van der Waals surface area contributed by atoms with E-state index >= 15 is 0 Å². The minimum Gasteiger partial charge on any atom is -0.392 e. The van der Waals surface area contributed by atoms with E-state index in [0.29, 0.717) is 16.3 Å². The molecule has 2 N–H and O–H groups in total. The van der Waals surface area contributed by atoms with E-state index in [1.165, 1.54) is 38.5 Å². The third-order valence-electron chi connectivity index (χ3n) is 7.34. The number of carbonyl (C=O) groups excluding carboxylic acids is 1. The highest BCUT2D eigenvalue weighted by Crippen LogP contribution is 2.64. The molecule has 1 saturated heterocycles. The zero-order valence-electron chi connectivity index (χ0n) is 15.5. The van der Waals surface area contributed by atoms with Crippen LogP contribution in [0.25, 0.3) is 0 Å². The van der Waals surface area contributed by atoms with E-state index in [2.05, 4.69) is 26.1 Å². The molecule has 1 aliphatic heterocycles. The van der Waals surface area contributed by atoms with Gasteiger partial charge in [-0.25, -0.2) is 0 Å². The van der Waals surface area contributed by atoms with Crippen LogP contribution in [0, 0.1) is 17.3 Å².